The molecule has 0 saturated carbocycles. The third kappa shape index (κ3) is 4.40. The van der Waals surface area contributed by atoms with Gasteiger partial charge in [0.2, 0.25) is 0 Å². The molecule has 0 aromatic heterocycles. The van der Waals surface area contributed by atoms with E-state index in [1.54, 1.807) is 0 Å². The first-order chi connectivity index (χ1) is 11.9. The predicted octanol–water partition coefficient (Wildman–Crippen LogP) is 4.24. The van der Waals surface area contributed by atoms with E-state index >= 15 is 0 Å². The van der Waals surface area contributed by atoms with Crippen LogP contribution < -0.4 is 5.32 Å². The highest BCUT2D eigenvalue weighted by Gasteiger charge is 2.31. The van der Waals surface area contributed by atoms with Crippen molar-refractivity contribution in [2.75, 3.05) is 19.6 Å². The third-order valence-electron chi connectivity index (χ3n) is 4.25. The second kappa shape index (κ2) is 7.28. The minimum atomic E-state index is -0.488. The van der Waals surface area contributed by atoms with Gasteiger partial charge in [0.15, 0.2) is 0 Å². The van der Waals surface area contributed by atoms with Gasteiger partial charge in [0.05, 0.1) is 6.04 Å². The molecule has 0 unspecified atom stereocenters. The summed E-state index contributed by atoms with van der Waals surface area (Å²) in [5.74, 6) is 0. The Hall–Kier alpha value is -2.33. The lowest BCUT2D eigenvalue weighted by atomic mass is 9.98. The van der Waals surface area contributed by atoms with Gasteiger partial charge in [-0.1, -0.05) is 48.5 Å². The van der Waals surface area contributed by atoms with Crippen LogP contribution in [0.25, 0.3) is 11.1 Å². The average molecular weight is 338 g/mol. The Morgan fingerprint density at radius 2 is 1.80 bits per heavy atom. The molecule has 1 fully saturated rings. The van der Waals surface area contributed by atoms with Crippen LogP contribution in [0.2, 0.25) is 0 Å². The molecule has 0 bridgehead atoms. The average Bonchev–Trinajstić information content (AvgIpc) is 2.61. The highest BCUT2D eigenvalue weighted by Crippen LogP contribution is 2.28. The minimum absolute atomic E-state index is 0.0211. The Bertz CT molecular complexity index is 722. The number of piperazine rings is 1. The summed E-state index contributed by atoms with van der Waals surface area (Å²) < 4.78 is 5.60. The molecule has 1 atom stereocenters. The molecule has 25 heavy (non-hydrogen) atoms. The quantitative estimate of drug-likeness (QED) is 0.891. The molecule has 0 spiro atoms. The van der Waals surface area contributed by atoms with Gasteiger partial charge in [-0.25, -0.2) is 4.79 Å². The van der Waals surface area contributed by atoms with Gasteiger partial charge >= 0.3 is 6.09 Å². The van der Waals surface area contributed by atoms with Crippen molar-refractivity contribution in [3.63, 3.8) is 0 Å². The molecule has 1 saturated heterocycles. The van der Waals surface area contributed by atoms with E-state index in [1.165, 1.54) is 5.56 Å². The number of hydrogen-bond acceptors (Lipinski definition) is 3. The van der Waals surface area contributed by atoms with Gasteiger partial charge in [-0.3, -0.25) is 4.90 Å². The van der Waals surface area contributed by atoms with Crippen molar-refractivity contribution in [1.29, 1.82) is 0 Å². The minimum Gasteiger partial charge on any atom is -0.444 e. The molecule has 0 radical (unpaired) electrons. The van der Waals surface area contributed by atoms with Crippen LogP contribution in [-0.2, 0) is 4.74 Å². The molecule has 3 rings (SSSR count). The topological polar surface area (TPSA) is 41.6 Å². The van der Waals surface area contributed by atoms with Crippen molar-refractivity contribution >= 4 is 6.09 Å². The van der Waals surface area contributed by atoms with Gasteiger partial charge in [0.25, 0.3) is 0 Å². The molecule has 2 aromatic rings. The zero-order chi connectivity index (χ0) is 17.9. The van der Waals surface area contributed by atoms with E-state index in [0.717, 1.165) is 24.2 Å². The van der Waals surface area contributed by atoms with Gasteiger partial charge in [-0.05, 0) is 43.5 Å². The van der Waals surface area contributed by atoms with Crippen molar-refractivity contribution in [3.8, 4) is 11.1 Å². The zero-order valence-corrected chi connectivity index (χ0v) is 15.2. The molecule has 4 nitrogen and oxygen atoms in total. The Balaban J connectivity index is 1.87. The molecule has 132 valence electrons. The maximum Gasteiger partial charge on any atom is 0.410 e. The Morgan fingerprint density at radius 1 is 1.08 bits per heavy atom. The van der Waals surface area contributed by atoms with Crippen LogP contribution in [-0.4, -0.2) is 36.2 Å². The number of carbonyl (C=O) groups excluding carboxylic acids is 1. The first-order valence-electron chi connectivity index (χ1n) is 8.80. The maximum atomic E-state index is 12.6. The van der Waals surface area contributed by atoms with Crippen LogP contribution in [0.1, 0.15) is 32.4 Å². The number of amides is 1. The monoisotopic (exact) mass is 338 g/mol. The van der Waals surface area contributed by atoms with Crippen molar-refractivity contribution in [3.05, 3.63) is 60.2 Å². The highest BCUT2D eigenvalue weighted by molar-refractivity contribution is 5.70. The number of ether oxygens (including phenoxy) is 1. The lowest BCUT2D eigenvalue weighted by Gasteiger charge is -2.37. The first-order valence-corrected chi connectivity index (χ1v) is 8.80. The smallest absolute Gasteiger partial charge is 0.410 e. The summed E-state index contributed by atoms with van der Waals surface area (Å²) in [6.45, 7) is 7.87. The van der Waals surface area contributed by atoms with Crippen LogP contribution in [0, 0.1) is 0 Å². The third-order valence-corrected chi connectivity index (χ3v) is 4.25. The number of hydrogen-bond donors (Lipinski definition) is 1. The van der Waals surface area contributed by atoms with Crippen molar-refractivity contribution < 1.29 is 9.53 Å². The number of benzene rings is 2. The number of carbonyl (C=O) groups is 1. The largest absolute Gasteiger partial charge is 0.444 e. The van der Waals surface area contributed by atoms with E-state index in [-0.39, 0.29) is 12.1 Å². The molecule has 2 aromatic carbocycles. The van der Waals surface area contributed by atoms with Crippen LogP contribution in [0.3, 0.4) is 0 Å². The van der Waals surface area contributed by atoms with Crippen molar-refractivity contribution in [2.45, 2.75) is 32.4 Å². The number of nitrogens with one attached hydrogen (secondary N) is 1. The lowest BCUT2D eigenvalue weighted by Crippen LogP contribution is -2.50. The number of nitrogens with zero attached hydrogens (tertiary/aromatic N) is 1. The van der Waals surface area contributed by atoms with Crippen molar-refractivity contribution in [1.82, 2.24) is 10.2 Å². The Kier molecular flexibility index (Phi) is 5.09. The maximum absolute atomic E-state index is 12.6. The summed E-state index contributed by atoms with van der Waals surface area (Å²) in [6.07, 6.45) is -0.246. The summed E-state index contributed by atoms with van der Waals surface area (Å²) >= 11 is 0. The zero-order valence-electron chi connectivity index (χ0n) is 15.2. The Labute approximate surface area is 149 Å². The molecule has 1 aliphatic heterocycles. The van der Waals surface area contributed by atoms with Gasteiger partial charge < -0.3 is 10.1 Å². The molecule has 0 aliphatic carbocycles. The summed E-state index contributed by atoms with van der Waals surface area (Å²) in [4.78, 5) is 14.5. The normalized spacial score (nSPS) is 18.0. The van der Waals surface area contributed by atoms with Crippen LogP contribution in [0.15, 0.2) is 54.6 Å². The predicted molar refractivity (Wildman–Crippen MR) is 100 cm³/mol. The SMILES string of the molecule is CC(C)(C)OC(=O)N1CCNC[C@@H]1c1cccc(-c2ccccc2)c1. The number of rotatable bonds is 2. The summed E-state index contributed by atoms with van der Waals surface area (Å²) in [5, 5.41) is 3.39. The second-order valence-corrected chi connectivity index (χ2v) is 7.39. The fraction of sp³-hybridized carbons (Fsp3) is 0.381. The molecule has 1 amide bonds. The highest BCUT2D eigenvalue weighted by atomic mass is 16.6. The van der Waals surface area contributed by atoms with Gasteiger partial charge in [-0.2, -0.15) is 0 Å². The second-order valence-electron chi connectivity index (χ2n) is 7.39. The van der Waals surface area contributed by atoms with E-state index in [1.807, 2.05) is 43.9 Å². The van der Waals surface area contributed by atoms with Crippen LogP contribution in [0.5, 0.6) is 0 Å². The van der Waals surface area contributed by atoms with Gasteiger partial charge in [0, 0.05) is 19.6 Å². The molecule has 1 N–H and O–H groups in total. The summed E-state index contributed by atoms with van der Waals surface area (Å²) in [6, 6.07) is 18.7. The van der Waals surface area contributed by atoms with E-state index < -0.39 is 5.60 Å². The fourth-order valence-electron chi connectivity index (χ4n) is 3.10. The molecule has 1 aliphatic rings. The van der Waals surface area contributed by atoms with E-state index in [9.17, 15) is 4.79 Å². The summed E-state index contributed by atoms with van der Waals surface area (Å²) in [5.41, 5.74) is 2.97. The fourth-order valence-corrected chi connectivity index (χ4v) is 3.10. The lowest BCUT2D eigenvalue weighted by molar-refractivity contribution is 0.0118. The first kappa shape index (κ1) is 17.5. The summed E-state index contributed by atoms with van der Waals surface area (Å²) in [7, 11) is 0. The molecule has 4 heteroatoms. The van der Waals surface area contributed by atoms with Crippen LogP contribution >= 0.6 is 0 Å². The standard InChI is InChI=1S/C21H26N2O2/c1-21(2,3)25-20(24)23-13-12-22-15-19(23)18-11-7-10-17(14-18)16-8-5-4-6-9-16/h4-11,14,19,22H,12-13,15H2,1-3H3/t19-/m1/s1. The Morgan fingerprint density at radius 3 is 2.52 bits per heavy atom. The van der Waals surface area contributed by atoms with Crippen molar-refractivity contribution in [2.24, 2.45) is 0 Å². The van der Waals surface area contributed by atoms with Crippen LogP contribution in [0.4, 0.5) is 4.79 Å². The molecular weight excluding hydrogens is 312 g/mol. The van der Waals surface area contributed by atoms with E-state index in [0.29, 0.717) is 6.54 Å². The molecule has 1 heterocycles. The van der Waals surface area contributed by atoms with E-state index in [4.69, 9.17) is 4.74 Å². The van der Waals surface area contributed by atoms with Gasteiger partial charge in [-0.15, -0.1) is 0 Å². The van der Waals surface area contributed by atoms with Gasteiger partial charge in [0.1, 0.15) is 5.60 Å². The molecular formula is C21H26N2O2. The van der Waals surface area contributed by atoms with E-state index in [2.05, 4.69) is 41.7 Å².